The lowest BCUT2D eigenvalue weighted by atomic mass is 10.0. The van der Waals surface area contributed by atoms with Crippen LogP contribution in [0.5, 0.6) is 0 Å². The van der Waals surface area contributed by atoms with Crippen molar-refractivity contribution in [3.63, 3.8) is 0 Å². The largest absolute Gasteiger partial charge is 0.481 e. The molecule has 0 aromatic heterocycles. The molecule has 0 saturated carbocycles. The van der Waals surface area contributed by atoms with Gasteiger partial charge in [0.2, 0.25) is 0 Å². The summed E-state index contributed by atoms with van der Waals surface area (Å²) in [5.74, 6) is -0.418. The summed E-state index contributed by atoms with van der Waals surface area (Å²) in [6.45, 7) is 4.00. The lowest BCUT2D eigenvalue weighted by molar-refractivity contribution is -0.140. The van der Waals surface area contributed by atoms with Crippen molar-refractivity contribution >= 4 is 29.3 Å². The van der Waals surface area contributed by atoms with Crippen LogP contribution in [0.15, 0.2) is 24.3 Å². The maximum atomic E-state index is 10.9. The van der Waals surface area contributed by atoms with Gasteiger partial charge >= 0.3 is 5.97 Å². The van der Waals surface area contributed by atoms with E-state index in [-0.39, 0.29) is 5.92 Å². The second-order valence-corrected chi connectivity index (χ2v) is 4.67. The number of carbonyl (C=O) groups is 1. The van der Waals surface area contributed by atoms with Crippen molar-refractivity contribution in [3.05, 3.63) is 34.9 Å². The van der Waals surface area contributed by atoms with Crippen LogP contribution < -0.4 is 0 Å². The van der Waals surface area contributed by atoms with Crippen molar-refractivity contribution in [2.75, 3.05) is 12.0 Å². The van der Waals surface area contributed by atoms with Crippen molar-refractivity contribution in [2.45, 2.75) is 20.3 Å². The van der Waals surface area contributed by atoms with E-state index in [1.807, 2.05) is 32.2 Å². The highest BCUT2D eigenvalue weighted by molar-refractivity contribution is 7.98. The van der Waals surface area contributed by atoms with Gasteiger partial charge in [-0.2, -0.15) is 11.8 Å². The van der Waals surface area contributed by atoms with Gasteiger partial charge in [-0.15, -0.1) is 0 Å². The maximum absolute atomic E-state index is 10.9. The van der Waals surface area contributed by atoms with Crippen molar-refractivity contribution in [1.82, 2.24) is 0 Å². The quantitative estimate of drug-likeness (QED) is 0.883. The van der Waals surface area contributed by atoms with Crippen molar-refractivity contribution < 1.29 is 9.90 Å². The summed E-state index contributed by atoms with van der Waals surface area (Å²) in [4.78, 5) is 10.9. The van der Waals surface area contributed by atoms with Crippen LogP contribution in [0.2, 0.25) is 5.02 Å². The molecule has 1 unspecified atom stereocenters. The van der Waals surface area contributed by atoms with E-state index in [4.69, 9.17) is 16.7 Å². The first-order valence-electron chi connectivity index (χ1n) is 5.59. The van der Waals surface area contributed by atoms with Gasteiger partial charge in [0.25, 0.3) is 0 Å². The average Bonchev–Trinajstić information content (AvgIpc) is 2.34. The molecule has 4 heteroatoms. The lowest BCUT2D eigenvalue weighted by Crippen LogP contribution is -2.18. The third kappa shape index (κ3) is 6.59. The maximum Gasteiger partial charge on any atom is 0.307 e. The van der Waals surface area contributed by atoms with Crippen LogP contribution >= 0.6 is 23.4 Å². The average molecular weight is 275 g/mol. The molecule has 17 heavy (non-hydrogen) atoms. The Kier molecular flexibility index (Phi) is 9.00. The Balaban J connectivity index is 0.00000121. The van der Waals surface area contributed by atoms with Gasteiger partial charge in [-0.25, -0.2) is 0 Å². The molecule has 0 aliphatic heterocycles. The second-order valence-electron chi connectivity index (χ2n) is 3.32. The van der Waals surface area contributed by atoms with Crippen LogP contribution in [0.3, 0.4) is 0 Å². The summed E-state index contributed by atoms with van der Waals surface area (Å²) in [5, 5.41) is 9.66. The molecule has 2 nitrogen and oxygen atoms in total. The summed E-state index contributed by atoms with van der Waals surface area (Å²) >= 11 is 7.31. The van der Waals surface area contributed by atoms with Gasteiger partial charge in [0, 0.05) is 10.8 Å². The van der Waals surface area contributed by atoms with E-state index in [1.165, 1.54) is 0 Å². The van der Waals surface area contributed by atoms with Gasteiger partial charge < -0.3 is 5.11 Å². The van der Waals surface area contributed by atoms with Crippen LogP contribution in [0.4, 0.5) is 0 Å². The molecule has 0 aliphatic carbocycles. The summed E-state index contributed by atoms with van der Waals surface area (Å²) < 4.78 is 0. The number of rotatable bonds is 5. The first kappa shape index (κ1) is 16.3. The zero-order valence-electron chi connectivity index (χ0n) is 10.4. The molecular formula is C13H19ClO2S. The Bertz CT molecular complexity index is 325. The highest BCUT2D eigenvalue weighted by Gasteiger charge is 2.16. The highest BCUT2D eigenvalue weighted by Crippen LogP contribution is 2.16. The molecule has 0 radical (unpaired) electrons. The van der Waals surface area contributed by atoms with Crippen molar-refractivity contribution in [2.24, 2.45) is 5.92 Å². The standard InChI is InChI=1S/C11H13ClO2S.C2H6/c1-15-7-9(11(13)14)6-8-2-4-10(12)5-3-8;1-2/h2-5,9H,6-7H2,1H3,(H,13,14);1-2H3. The number of thioether (sulfide) groups is 1. The molecule has 1 N–H and O–H groups in total. The normalized spacial score (nSPS) is 11.3. The van der Waals surface area contributed by atoms with Crippen LogP contribution in [-0.2, 0) is 11.2 Å². The van der Waals surface area contributed by atoms with Gasteiger partial charge in [0.1, 0.15) is 0 Å². The van der Waals surface area contributed by atoms with Crippen LogP contribution in [0.25, 0.3) is 0 Å². The zero-order chi connectivity index (χ0) is 13.3. The fourth-order valence-corrected chi connectivity index (χ4v) is 2.11. The molecule has 96 valence electrons. The Labute approximate surface area is 112 Å². The molecule has 1 rings (SSSR count). The van der Waals surface area contributed by atoms with Gasteiger partial charge in [0.05, 0.1) is 5.92 Å². The molecule has 1 aromatic carbocycles. The minimum Gasteiger partial charge on any atom is -0.481 e. The number of carboxylic acid groups (broad SMARTS) is 1. The molecule has 0 bridgehead atoms. The first-order chi connectivity index (χ1) is 8.13. The minimum atomic E-state index is -0.737. The SMILES string of the molecule is CC.CSCC(Cc1ccc(Cl)cc1)C(=O)O. The highest BCUT2D eigenvalue weighted by atomic mass is 35.5. The number of hydrogen-bond acceptors (Lipinski definition) is 2. The number of aliphatic carboxylic acids is 1. The Morgan fingerprint density at radius 3 is 2.29 bits per heavy atom. The van der Waals surface area contributed by atoms with E-state index >= 15 is 0 Å². The van der Waals surface area contributed by atoms with E-state index in [0.717, 1.165) is 5.56 Å². The summed E-state index contributed by atoms with van der Waals surface area (Å²) in [7, 11) is 0. The van der Waals surface area contributed by atoms with E-state index in [9.17, 15) is 4.79 Å². The summed E-state index contributed by atoms with van der Waals surface area (Å²) in [6, 6.07) is 7.32. The predicted molar refractivity (Wildman–Crippen MR) is 76.0 cm³/mol. The number of halogens is 1. The number of hydrogen-bond donors (Lipinski definition) is 1. The molecule has 0 aliphatic rings. The molecule has 0 spiro atoms. The zero-order valence-corrected chi connectivity index (χ0v) is 12.0. The van der Waals surface area contributed by atoms with Crippen molar-refractivity contribution in [1.29, 1.82) is 0 Å². The van der Waals surface area contributed by atoms with Crippen LogP contribution in [-0.4, -0.2) is 23.1 Å². The molecule has 1 aromatic rings. The Morgan fingerprint density at radius 1 is 1.35 bits per heavy atom. The summed E-state index contributed by atoms with van der Waals surface area (Å²) in [6.07, 6.45) is 2.48. The molecular weight excluding hydrogens is 256 g/mol. The lowest BCUT2D eigenvalue weighted by Gasteiger charge is -2.10. The first-order valence-corrected chi connectivity index (χ1v) is 7.37. The van der Waals surface area contributed by atoms with Crippen LogP contribution in [0, 0.1) is 5.92 Å². The van der Waals surface area contributed by atoms with Crippen molar-refractivity contribution in [3.8, 4) is 0 Å². The smallest absolute Gasteiger partial charge is 0.307 e. The summed E-state index contributed by atoms with van der Waals surface area (Å²) in [5.41, 5.74) is 1.01. The monoisotopic (exact) mass is 274 g/mol. The number of benzene rings is 1. The Hall–Kier alpha value is -0.670. The van der Waals surface area contributed by atoms with Gasteiger partial charge in [0.15, 0.2) is 0 Å². The second kappa shape index (κ2) is 9.37. The third-order valence-corrected chi connectivity index (χ3v) is 3.10. The Morgan fingerprint density at radius 2 is 1.88 bits per heavy atom. The topological polar surface area (TPSA) is 37.3 Å². The molecule has 1 atom stereocenters. The number of carboxylic acids is 1. The van der Waals surface area contributed by atoms with Gasteiger partial charge in [-0.1, -0.05) is 37.6 Å². The van der Waals surface area contributed by atoms with Crippen LogP contribution in [0.1, 0.15) is 19.4 Å². The van der Waals surface area contributed by atoms with E-state index in [1.54, 1.807) is 23.9 Å². The molecule has 0 saturated heterocycles. The van der Waals surface area contributed by atoms with E-state index in [2.05, 4.69) is 0 Å². The minimum absolute atomic E-state index is 0.318. The molecule has 0 amide bonds. The van der Waals surface area contributed by atoms with Gasteiger partial charge in [-0.05, 0) is 30.4 Å². The fourth-order valence-electron chi connectivity index (χ4n) is 1.32. The predicted octanol–water partition coefficient (Wildman–Crippen LogP) is 3.97. The van der Waals surface area contributed by atoms with E-state index < -0.39 is 5.97 Å². The third-order valence-electron chi connectivity index (χ3n) is 2.11. The van der Waals surface area contributed by atoms with E-state index in [0.29, 0.717) is 17.2 Å². The molecule has 0 heterocycles. The fraction of sp³-hybridized carbons (Fsp3) is 0.462. The van der Waals surface area contributed by atoms with Gasteiger partial charge in [-0.3, -0.25) is 4.79 Å². The molecule has 0 fully saturated rings.